The number of anilines is 1. The summed E-state index contributed by atoms with van der Waals surface area (Å²) >= 11 is 0. The predicted molar refractivity (Wildman–Crippen MR) is 135 cm³/mol. The molecule has 1 aliphatic rings. The lowest BCUT2D eigenvalue weighted by atomic mass is 9.87. The summed E-state index contributed by atoms with van der Waals surface area (Å²) in [5, 5.41) is 2.94. The molecule has 1 N–H and O–H groups in total. The molecule has 0 saturated heterocycles. The third kappa shape index (κ3) is 5.95. The van der Waals surface area contributed by atoms with E-state index in [-0.39, 0.29) is 11.3 Å². The third-order valence-electron chi connectivity index (χ3n) is 6.17. The number of para-hydroxylation sites is 1. The summed E-state index contributed by atoms with van der Waals surface area (Å²) in [5.41, 5.74) is 6.04. The Morgan fingerprint density at radius 1 is 0.970 bits per heavy atom. The summed E-state index contributed by atoms with van der Waals surface area (Å²) in [6.07, 6.45) is 2.33. The van der Waals surface area contributed by atoms with E-state index in [9.17, 15) is 4.79 Å². The molecule has 0 spiro atoms. The van der Waals surface area contributed by atoms with Crippen molar-refractivity contribution in [2.24, 2.45) is 0 Å². The Kier molecular flexibility index (Phi) is 7.02. The second kappa shape index (κ2) is 10.1. The second-order valence-corrected chi connectivity index (χ2v) is 9.73. The Labute approximate surface area is 197 Å². The van der Waals surface area contributed by atoms with Crippen LogP contribution in [0.25, 0.3) is 0 Å². The third-order valence-corrected chi connectivity index (χ3v) is 6.17. The van der Waals surface area contributed by atoms with Gasteiger partial charge in [-0.1, -0.05) is 63.2 Å². The number of carbonyl (C=O) groups is 1. The Morgan fingerprint density at radius 2 is 1.70 bits per heavy atom. The molecule has 4 rings (SSSR count). The molecule has 172 valence electrons. The minimum atomic E-state index is -0.0726. The van der Waals surface area contributed by atoms with Gasteiger partial charge in [0.05, 0.1) is 6.54 Å². The van der Waals surface area contributed by atoms with Crippen LogP contribution in [0.15, 0.2) is 72.8 Å². The molecular formula is C29H34N2O2. The van der Waals surface area contributed by atoms with E-state index in [1.807, 2.05) is 24.3 Å². The molecule has 0 bridgehead atoms. The summed E-state index contributed by atoms with van der Waals surface area (Å²) < 4.78 is 5.77. The topological polar surface area (TPSA) is 41.6 Å². The number of fused-ring (bicyclic) bond motifs is 1. The molecule has 0 fully saturated rings. The second-order valence-electron chi connectivity index (χ2n) is 9.73. The van der Waals surface area contributed by atoms with Crippen LogP contribution in [0.3, 0.4) is 0 Å². The molecule has 33 heavy (non-hydrogen) atoms. The van der Waals surface area contributed by atoms with Gasteiger partial charge < -0.3 is 15.0 Å². The molecule has 0 aliphatic carbocycles. The zero-order chi connectivity index (χ0) is 23.3. The number of benzene rings is 3. The minimum absolute atomic E-state index is 0.0726. The van der Waals surface area contributed by atoms with Crippen LogP contribution in [0.4, 0.5) is 5.69 Å². The molecule has 3 aromatic carbocycles. The lowest BCUT2D eigenvalue weighted by Gasteiger charge is -2.31. The molecule has 0 radical (unpaired) electrons. The molecule has 1 amide bonds. The fourth-order valence-corrected chi connectivity index (χ4v) is 4.24. The first-order valence-electron chi connectivity index (χ1n) is 11.8. The first-order chi connectivity index (χ1) is 15.9. The summed E-state index contributed by atoms with van der Waals surface area (Å²) in [6.45, 7) is 9.41. The highest BCUT2D eigenvalue weighted by Crippen LogP contribution is 2.28. The zero-order valence-electron chi connectivity index (χ0n) is 19.9. The van der Waals surface area contributed by atoms with Crippen molar-refractivity contribution in [3.05, 3.63) is 95.1 Å². The number of rotatable bonds is 7. The fourth-order valence-electron chi connectivity index (χ4n) is 4.24. The number of aryl methyl sites for hydroxylation is 1. The Hall–Kier alpha value is -3.27. The van der Waals surface area contributed by atoms with Crippen LogP contribution in [0, 0.1) is 0 Å². The number of nitrogens with one attached hydrogen (secondary N) is 1. The van der Waals surface area contributed by atoms with Crippen LogP contribution in [0.5, 0.6) is 5.75 Å². The van der Waals surface area contributed by atoms with E-state index in [2.05, 4.69) is 79.5 Å². The highest BCUT2D eigenvalue weighted by molar-refractivity contribution is 5.94. The Balaban J connectivity index is 1.24. The monoisotopic (exact) mass is 442 g/mol. The number of ether oxygens (including phenoxy) is 1. The predicted octanol–water partition coefficient (Wildman–Crippen LogP) is 5.75. The summed E-state index contributed by atoms with van der Waals surface area (Å²) in [6, 6.07) is 24.7. The van der Waals surface area contributed by atoms with Gasteiger partial charge in [-0.3, -0.25) is 4.79 Å². The lowest BCUT2D eigenvalue weighted by Crippen LogP contribution is -2.29. The molecule has 0 atom stereocenters. The molecule has 3 aromatic rings. The average Bonchev–Trinajstić information content (AvgIpc) is 2.82. The summed E-state index contributed by atoms with van der Waals surface area (Å²) in [4.78, 5) is 14.9. The molecule has 1 aliphatic heterocycles. The van der Waals surface area contributed by atoms with Gasteiger partial charge in [0.2, 0.25) is 0 Å². The van der Waals surface area contributed by atoms with E-state index >= 15 is 0 Å². The zero-order valence-corrected chi connectivity index (χ0v) is 19.9. The van der Waals surface area contributed by atoms with Crippen molar-refractivity contribution >= 4 is 11.6 Å². The van der Waals surface area contributed by atoms with E-state index in [1.165, 1.54) is 28.8 Å². The molecule has 1 heterocycles. The number of amides is 1. The fraction of sp³-hybridized carbons (Fsp3) is 0.345. The first-order valence-corrected chi connectivity index (χ1v) is 11.8. The van der Waals surface area contributed by atoms with Crippen molar-refractivity contribution in [3.8, 4) is 5.75 Å². The van der Waals surface area contributed by atoms with E-state index < -0.39 is 0 Å². The maximum Gasteiger partial charge on any atom is 0.251 e. The first kappa shape index (κ1) is 22.9. The van der Waals surface area contributed by atoms with Crippen LogP contribution in [0.2, 0.25) is 0 Å². The van der Waals surface area contributed by atoms with Gasteiger partial charge in [0.1, 0.15) is 12.4 Å². The van der Waals surface area contributed by atoms with Gasteiger partial charge in [0.25, 0.3) is 5.91 Å². The van der Waals surface area contributed by atoms with Crippen LogP contribution in [-0.4, -0.2) is 25.6 Å². The number of carbonyl (C=O) groups excluding carboxylic acids is 1. The van der Waals surface area contributed by atoms with E-state index in [1.54, 1.807) is 0 Å². The van der Waals surface area contributed by atoms with Crippen LogP contribution < -0.4 is 15.0 Å². The van der Waals surface area contributed by atoms with E-state index in [0.717, 1.165) is 25.3 Å². The van der Waals surface area contributed by atoms with Gasteiger partial charge in [-0.25, -0.2) is 0 Å². The molecular weight excluding hydrogens is 408 g/mol. The van der Waals surface area contributed by atoms with Crippen molar-refractivity contribution < 1.29 is 9.53 Å². The highest BCUT2D eigenvalue weighted by Gasteiger charge is 2.16. The van der Waals surface area contributed by atoms with Crippen LogP contribution in [-0.2, 0) is 18.4 Å². The lowest BCUT2D eigenvalue weighted by molar-refractivity contribution is 0.0947. The molecule has 0 unspecified atom stereocenters. The summed E-state index contributed by atoms with van der Waals surface area (Å²) in [5.74, 6) is 0.748. The van der Waals surface area contributed by atoms with Crippen molar-refractivity contribution in [2.45, 2.75) is 45.6 Å². The number of nitrogens with zero attached hydrogens (tertiary/aromatic N) is 1. The van der Waals surface area contributed by atoms with Crippen molar-refractivity contribution in [1.82, 2.24) is 5.32 Å². The SMILES string of the molecule is CC(C)(C)c1ccc(OCCNC(=O)c2ccc(CN3CCCc4ccccc43)cc2)cc1. The van der Waals surface area contributed by atoms with Gasteiger partial charge in [-0.2, -0.15) is 0 Å². The maximum atomic E-state index is 12.5. The van der Waals surface area contributed by atoms with Gasteiger partial charge in [0, 0.05) is 24.3 Å². The summed E-state index contributed by atoms with van der Waals surface area (Å²) in [7, 11) is 0. The Morgan fingerprint density at radius 3 is 2.42 bits per heavy atom. The quantitative estimate of drug-likeness (QED) is 0.474. The average molecular weight is 443 g/mol. The number of hydrogen-bond donors (Lipinski definition) is 1. The molecule has 0 aromatic heterocycles. The minimum Gasteiger partial charge on any atom is -0.492 e. The molecule has 4 heteroatoms. The van der Waals surface area contributed by atoms with Gasteiger partial charge in [-0.15, -0.1) is 0 Å². The van der Waals surface area contributed by atoms with E-state index in [0.29, 0.717) is 18.7 Å². The largest absolute Gasteiger partial charge is 0.492 e. The van der Waals surface area contributed by atoms with Crippen molar-refractivity contribution in [1.29, 1.82) is 0 Å². The smallest absolute Gasteiger partial charge is 0.251 e. The number of hydrogen-bond acceptors (Lipinski definition) is 3. The standard InChI is InChI=1S/C29H34N2O2/c1-29(2,3)25-14-16-26(17-15-25)33-20-18-30-28(32)24-12-10-22(11-13-24)21-31-19-6-8-23-7-4-5-9-27(23)31/h4-5,7,9-17H,6,8,18-21H2,1-3H3,(H,30,32). The Bertz CT molecular complexity index is 1070. The highest BCUT2D eigenvalue weighted by atomic mass is 16.5. The van der Waals surface area contributed by atoms with Gasteiger partial charge in [-0.05, 0) is 65.3 Å². The van der Waals surface area contributed by atoms with E-state index in [4.69, 9.17) is 4.74 Å². The van der Waals surface area contributed by atoms with Crippen LogP contribution >= 0.6 is 0 Å². The van der Waals surface area contributed by atoms with Crippen LogP contribution in [0.1, 0.15) is 54.2 Å². The molecule has 4 nitrogen and oxygen atoms in total. The molecule has 0 saturated carbocycles. The normalized spacial score (nSPS) is 13.4. The van der Waals surface area contributed by atoms with Gasteiger partial charge in [0.15, 0.2) is 0 Å². The maximum absolute atomic E-state index is 12.5. The van der Waals surface area contributed by atoms with Crippen molar-refractivity contribution in [3.63, 3.8) is 0 Å². The van der Waals surface area contributed by atoms with Gasteiger partial charge >= 0.3 is 0 Å². The van der Waals surface area contributed by atoms with Crippen molar-refractivity contribution in [2.75, 3.05) is 24.6 Å².